The zero-order chi connectivity index (χ0) is 14.9. The molecule has 20 heavy (non-hydrogen) atoms. The number of amides is 1. The van der Waals surface area contributed by atoms with E-state index in [1.165, 1.54) is 6.07 Å². The molecule has 1 amide bonds. The molecule has 1 saturated heterocycles. The summed E-state index contributed by atoms with van der Waals surface area (Å²) in [5.41, 5.74) is 6.48. The van der Waals surface area contributed by atoms with Gasteiger partial charge in [0.15, 0.2) is 0 Å². The number of piperidine rings is 1. The van der Waals surface area contributed by atoms with Crippen molar-refractivity contribution in [2.24, 2.45) is 11.1 Å². The van der Waals surface area contributed by atoms with Crippen LogP contribution in [0, 0.1) is 18.2 Å². The van der Waals surface area contributed by atoms with Crippen LogP contribution < -0.4 is 5.73 Å². The van der Waals surface area contributed by atoms with Crippen molar-refractivity contribution in [3.63, 3.8) is 0 Å². The number of likely N-dealkylation sites (tertiary alicyclic amines) is 1. The van der Waals surface area contributed by atoms with Gasteiger partial charge in [0.05, 0.1) is 10.6 Å². The largest absolute Gasteiger partial charge is 0.393 e. The van der Waals surface area contributed by atoms with Gasteiger partial charge in [0.2, 0.25) is 0 Å². The van der Waals surface area contributed by atoms with Gasteiger partial charge in [-0.3, -0.25) is 4.79 Å². The number of nitrogens with zero attached hydrogens (tertiary/aromatic N) is 1. The summed E-state index contributed by atoms with van der Waals surface area (Å²) in [6.45, 7) is 4.93. The Morgan fingerprint density at radius 3 is 2.50 bits per heavy atom. The lowest BCUT2D eigenvalue weighted by Gasteiger charge is -2.38. The maximum absolute atomic E-state index is 13.8. The Morgan fingerprint density at radius 1 is 1.40 bits per heavy atom. The van der Waals surface area contributed by atoms with Gasteiger partial charge in [0.1, 0.15) is 5.82 Å². The first kappa shape index (κ1) is 14.9. The fourth-order valence-corrected chi connectivity index (χ4v) is 2.62. The van der Waals surface area contributed by atoms with Crippen molar-refractivity contribution >= 4 is 23.1 Å². The first-order valence-corrected chi connectivity index (χ1v) is 7.10. The molecule has 0 spiro atoms. The molecule has 1 aliphatic rings. The molecule has 1 aliphatic heterocycles. The normalized spacial score (nSPS) is 17.9. The van der Waals surface area contributed by atoms with Crippen LogP contribution in [-0.4, -0.2) is 28.9 Å². The molecule has 0 aliphatic carbocycles. The second-order valence-corrected chi connectivity index (χ2v) is 6.14. The van der Waals surface area contributed by atoms with Gasteiger partial charge in [-0.2, -0.15) is 0 Å². The molecule has 1 aromatic rings. The van der Waals surface area contributed by atoms with Gasteiger partial charge in [-0.15, -0.1) is 0 Å². The van der Waals surface area contributed by atoms with Crippen LogP contribution in [0.15, 0.2) is 18.2 Å². The molecule has 0 atom stereocenters. The second-order valence-electron chi connectivity index (χ2n) is 5.70. The van der Waals surface area contributed by atoms with Crippen molar-refractivity contribution in [2.45, 2.75) is 26.7 Å². The lowest BCUT2D eigenvalue weighted by molar-refractivity contribution is 0.0665. The predicted molar refractivity (Wildman–Crippen MR) is 81.2 cm³/mol. The summed E-state index contributed by atoms with van der Waals surface area (Å²) in [4.78, 5) is 14.5. The van der Waals surface area contributed by atoms with Gasteiger partial charge in [0, 0.05) is 18.5 Å². The van der Waals surface area contributed by atoms with Gasteiger partial charge in [-0.25, -0.2) is 4.39 Å². The summed E-state index contributed by atoms with van der Waals surface area (Å²) in [6.07, 6.45) is 1.45. The summed E-state index contributed by atoms with van der Waals surface area (Å²) in [6, 6.07) is 4.68. The lowest BCUT2D eigenvalue weighted by Crippen LogP contribution is -2.46. The minimum Gasteiger partial charge on any atom is -0.393 e. The van der Waals surface area contributed by atoms with Crippen LogP contribution in [0.25, 0.3) is 0 Å². The molecule has 2 rings (SSSR count). The van der Waals surface area contributed by atoms with Gasteiger partial charge < -0.3 is 10.6 Å². The van der Waals surface area contributed by atoms with Crippen molar-refractivity contribution in [2.75, 3.05) is 13.1 Å². The molecule has 108 valence electrons. The van der Waals surface area contributed by atoms with Gasteiger partial charge in [-0.05, 0) is 37.5 Å². The van der Waals surface area contributed by atoms with Crippen molar-refractivity contribution in [3.8, 4) is 0 Å². The SMILES string of the molecule is Cc1ccc(C(=O)N2CCC(C)(C(N)=S)CC2)c(F)c1. The first-order valence-electron chi connectivity index (χ1n) is 6.69. The molecule has 0 bridgehead atoms. The summed E-state index contributed by atoms with van der Waals surface area (Å²) in [5, 5.41) is 0. The van der Waals surface area contributed by atoms with Gasteiger partial charge in [0.25, 0.3) is 5.91 Å². The average Bonchev–Trinajstić information content (AvgIpc) is 2.38. The number of nitrogens with two attached hydrogens (primary N) is 1. The Hall–Kier alpha value is -1.49. The summed E-state index contributed by atoms with van der Waals surface area (Å²) in [5.74, 6) is -0.717. The van der Waals surface area contributed by atoms with Crippen LogP contribution in [0.3, 0.4) is 0 Å². The molecule has 1 fully saturated rings. The number of rotatable bonds is 2. The molecular weight excluding hydrogens is 275 g/mol. The van der Waals surface area contributed by atoms with Crippen LogP contribution in [0.5, 0.6) is 0 Å². The summed E-state index contributed by atoms with van der Waals surface area (Å²) < 4.78 is 13.8. The fraction of sp³-hybridized carbons (Fsp3) is 0.467. The molecule has 1 heterocycles. The topological polar surface area (TPSA) is 46.3 Å². The molecular formula is C15H19FN2OS. The number of thiocarbonyl (C=S) groups is 1. The van der Waals surface area contributed by atoms with E-state index in [9.17, 15) is 9.18 Å². The highest BCUT2D eigenvalue weighted by Gasteiger charge is 2.34. The maximum Gasteiger partial charge on any atom is 0.256 e. The lowest BCUT2D eigenvalue weighted by atomic mass is 9.80. The molecule has 3 nitrogen and oxygen atoms in total. The van der Waals surface area contributed by atoms with E-state index in [4.69, 9.17) is 18.0 Å². The highest BCUT2D eigenvalue weighted by Crippen LogP contribution is 2.31. The number of benzene rings is 1. The van der Waals surface area contributed by atoms with Gasteiger partial charge >= 0.3 is 0 Å². The summed E-state index contributed by atoms with van der Waals surface area (Å²) in [7, 11) is 0. The van der Waals surface area contributed by atoms with Crippen LogP contribution in [0.2, 0.25) is 0 Å². The molecule has 1 aromatic carbocycles. The van der Waals surface area contributed by atoms with E-state index in [-0.39, 0.29) is 16.9 Å². The van der Waals surface area contributed by atoms with Gasteiger partial charge in [-0.1, -0.05) is 25.2 Å². The zero-order valence-electron chi connectivity index (χ0n) is 11.8. The van der Waals surface area contributed by atoms with Crippen LogP contribution >= 0.6 is 12.2 Å². The molecule has 0 radical (unpaired) electrons. The number of hydrogen-bond acceptors (Lipinski definition) is 2. The molecule has 0 aromatic heterocycles. The van der Waals surface area contributed by atoms with Crippen LogP contribution in [0.4, 0.5) is 4.39 Å². The monoisotopic (exact) mass is 294 g/mol. The van der Waals surface area contributed by atoms with Crippen molar-refractivity contribution in [1.82, 2.24) is 4.90 Å². The standard InChI is InChI=1S/C15H19FN2OS/c1-10-3-4-11(12(16)9-10)13(19)18-7-5-15(2,6-8-18)14(17)20/h3-4,9H,5-8H2,1-2H3,(H2,17,20). The molecule has 0 saturated carbocycles. The third-order valence-corrected chi connectivity index (χ3v) is 4.60. The highest BCUT2D eigenvalue weighted by molar-refractivity contribution is 7.80. The predicted octanol–water partition coefficient (Wildman–Crippen LogP) is 2.66. The highest BCUT2D eigenvalue weighted by atomic mass is 32.1. The zero-order valence-corrected chi connectivity index (χ0v) is 12.6. The second kappa shape index (κ2) is 5.48. The average molecular weight is 294 g/mol. The molecule has 0 unspecified atom stereocenters. The van der Waals surface area contributed by atoms with E-state index >= 15 is 0 Å². The van der Waals surface area contributed by atoms with E-state index in [1.54, 1.807) is 24.0 Å². The van der Waals surface area contributed by atoms with E-state index in [2.05, 4.69) is 0 Å². The van der Waals surface area contributed by atoms with Crippen molar-refractivity contribution in [3.05, 3.63) is 35.1 Å². The van der Waals surface area contributed by atoms with Crippen molar-refractivity contribution in [1.29, 1.82) is 0 Å². The summed E-state index contributed by atoms with van der Waals surface area (Å²) >= 11 is 5.08. The molecule has 5 heteroatoms. The number of carbonyl (C=O) groups is 1. The maximum atomic E-state index is 13.8. The number of halogens is 1. The fourth-order valence-electron chi connectivity index (χ4n) is 2.41. The minimum absolute atomic E-state index is 0.134. The Labute approximate surface area is 123 Å². The minimum atomic E-state index is -0.460. The Kier molecular flexibility index (Phi) is 4.09. The third-order valence-electron chi connectivity index (χ3n) is 4.10. The Morgan fingerprint density at radius 2 is 2.00 bits per heavy atom. The van der Waals surface area contributed by atoms with Crippen LogP contribution in [0.1, 0.15) is 35.7 Å². The molecule has 2 N–H and O–H groups in total. The third kappa shape index (κ3) is 2.82. The quantitative estimate of drug-likeness (QED) is 0.853. The number of hydrogen-bond donors (Lipinski definition) is 1. The number of aryl methyl sites for hydroxylation is 1. The van der Waals surface area contributed by atoms with E-state index in [0.29, 0.717) is 18.1 Å². The smallest absolute Gasteiger partial charge is 0.256 e. The van der Waals surface area contributed by atoms with E-state index < -0.39 is 5.82 Å². The first-order chi connectivity index (χ1) is 9.33. The number of carbonyl (C=O) groups excluding carboxylic acids is 1. The van der Waals surface area contributed by atoms with E-state index in [1.807, 2.05) is 6.92 Å². The van der Waals surface area contributed by atoms with E-state index in [0.717, 1.165) is 18.4 Å². The Bertz CT molecular complexity index is 551. The Balaban J connectivity index is 2.11. The van der Waals surface area contributed by atoms with Crippen LogP contribution in [-0.2, 0) is 0 Å². The van der Waals surface area contributed by atoms with Crippen molar-refractivity contribution < 1.29 is 9.18 Å².